The van der Waals surface area contributed by atoms with Gasteiger partial charge in [-0.2, -0.15) is 0 Å². The van der Waals surface area contributed by atoms with Gasteiger partial charge in [0.05, 0.1) is 6.57 Å². The van der Waals surface area contributed by atoms with E-state index in [0.29, 0.717) is 0 Å². The van der Waals surface area contributed by atoms with Crippen molar-refractivity contribution in [2.45, 2.75) is 0 Å². The normalized spacial score (nSPS) is 5.33. The topological polar surface area (TPSA) is 104 Å². The van der Waals surface area contributed by atoms with Gasteiger partial charge in [-0.25, -0.2) is 13.6 Å². The maximum atomic E-state index is 11.3. The summed E-state index contributed by atoms with van der Waals surface area (Å²) in [6.45, 7) is 28.3. The molecule has 18 heavy (non-hydrogen) atoms. The molecule has 0 unspecified atom stereocenters. The first kappa shape index (κ1) is 43.8. The summed E-state index contributed by atoms with van der Waals surface area (Å²) >= 11 is 4.35. The molecule has 0 aliphatic heterocycles. The smallest absolute Gasteiger partial charge is 0 e. The van der Waals surface area contributed by atoms with Crippen LogP contribution in [0, 0.1) is 39.8 Å². The Bertz CT molecular complexity index is 277. The second-order valence-electron chi connectivity index (χ2n) is 0.663. The molecule has 0 aromatic heterocycles. The van der Waals surface area contributed by atoms with Crippen LogP contribution in [-0.4, -0.2) is 0 Å². The summed E-state index contributed by atoms with van der Waals surface area (Å²) < 4.78 is 59.9. The average molecular weight is 316 g/mol. The molecule has 10 heteroatoms. The fourth-order valence-electron chi connectivity index (χ4n) is 0.0423. The van der Waals surface area contributed by atoms with Crippen LogP contribution >= 0.6 is 11.6 Å². The summed E-state index contributed by atoms with van der Waals surface area (Å²) in [6.07, 6.45) is 0. The van der Waals surface area contributed by atoms with Crippen LogP contribution in [0.3, 0.4) is 0 Å². The molecule has 0 aromatic rings. The molecule has 0 spiro atoms. The Morgan fingerprint density at radius 2 is 0.944 bits per heavy atom. The van der Waals surface area contributed by atoms with E-state index in [9.17, 15) is 8.78 Å². The van der Waals surface area contributed by atoms with Crippen molar-refractivity contribution in [3.05, 3.63) is 55.9 Å². The third-order valence-corrected chi connectivity index (χ3v) is 0.410. The van der Waals surface area contributed by atoms with E-state index >= 15 is 0 Å². The molecule has 0 saturated carbocycles. The molecular formula is C8ClCrF2NO5. The minimum atomic E-state index is -1.60. The molecule has 94 valence electrons. The Hall–Kier alpha value is -1.39. The fourth-order valence-corrected chi connectivity index (χ4v) is 0.0845. The van der Waals surface area contributed by atoms with Gasteiger partial charge in [0, 0.05) is 17.4 Å². The number of rotatable bonds is 0. The van der Waals surface area contributed by atoms with Crippen LogP contribution in [0.15, 0.2) is 11.2 Å². The summed E-state index contributed by atoms with van der Waals surface area (Å²) in [5.41, 5.74) is 0. The van der Waals surface area contributed by atoms with Crippen molar-refractivity contribution >= 4 is 11.6 Å². The molecule has 0 atom stereocenters. The van der Waals surface area contributed by atoms with E-state index in [1.54, 1.807) is 0 Å². The van der Waals surface area contributed by atoms with E-state index < -0.39 is 11.2 Å². The van der Waals surface area contributed by atoms with Gasteiger partial charge < -0.3 is 0 Å². The van der Waals surface area contributed by atoms with Gasteiger partial charge in [0.2, 0.25) is 5.29 Å². The third-order valence-electron chi connectivity index (χ3n) is 0.254. The van der Waals surface area contributed by atoms with Gasteiger partial charge in [0.15, 0.2) is 0 Å². The maximum absolute atomic E-state index is 11.3. The zero-order valence-electron chi connectivity index (χ0n) is 8.03. The SMILES string of the molecule is [C-]#[N+]/C(F)=C(/F)Cl.[C-]#[O+].[C-]#[O+].[C-]#[O+].[C-]#[O+].[C-]#[O+].[Cr]. The van der Waals surface area contributed by atoms with Gasteiger partial charge in [-0.05, 0) is 0 Å². The van der Waals surface area contributed by atoms with E-state index in [2.05, 4.69) is 44.9 Å². The molecule has 0 heterocycles. The van der Waals surface area contributed by atoms with Crippen molar-refractivity contribution in [1.82, 2.24) is 0 Å². The second kappa shape index (κ2) is 106. The van der Waals surface area contributed by atoms with E-state index in [1.807, 2.05) is 4.85 Å². The van der Waals surface area contributed by atoms with Crippen LogP contribution in [0.5, 0.6) is 0 Å². The van der Waals surface area contributed by atoms with Gasteiger partial charge in [-0.1, -0.05) is 11.6 Å². The van der Waals surface area contributed by atoms with Crippen LogP contribution in [0.1, 0.15) is 0 Å². The van der Waals surface area contributed by atoms with Crippen molar-refractivity contribution in [3.8, 4) is 0 Å². The summed E-state index contributed by atoms with van der Waals surface area (Å²) in [5, 5.41) is -1.59. The van der Waals surface area contributed by atoms with Crippen molar-refractivity contribution in [1.29, 1.82) is 0 Å². The van der Waals surface area contributed by atoms with Crippen LogP contribution in [0.25, 0.3) is 4.85 Å². The van der Waals surface area contributed by atoms with Crippen LogP contribution in [-0.2, 0) is 40.6 Å². The predicted octanol–water partition coefficient (Wildman–Crippen LogP) is 2.02. The molecule has 6 nitrogen and oxygen atoms in total. The van der Waals surface area contributed by atoms with Crippen LogP contribution < -0.4 is 0 Å². The first-order valence-electron chi connectivity index (χ1n) is 2.28. The predicted molar refractivity (Wildman–Crippen MR) is 41.3 cm³/mol. The maximum Gasteiger partial charge on any atom is 0 e. The first-order chi connectivity index (χ1) is 8.18. The standard InChI is InChI=1S/C3ClF2N.5CO.Cr/c1-7-3(6)2(4)5;5*1-2;/b3-2+;;;;;;. The quantitative estimate of drug-likeness (QED) is 0.371. The molecule has 0 aromatic carbocycles. The summed E-state index contributed by atoms with van der Waals surface area (Å²) in [6, 6.07) is 0. The fraction of sp³-hybridized carbons (Fsp3) is 0. The molecule has 0 aliphatic rings. The minimum Gasteiger partial charge on any atom is 0 e. The van der Waals surface area contributed by atoms with E-state index in [0.717, 1.165) is 0 Å². The minimum absolute atomic E-state index is 0. The summed E-state index contributed by atoms with van der Waals surface area (Å²) in [5.74, 6) is -1.60. The molecule has 0 fully saturated rings. The largest absolute Gasteiger partial charge is 0 e. The van der Waals surface area contributed by atoms with Gasteiger partial charge in [-0.3, -0.25) is 0 Å². The Morgan fingerprint density at radius 1 is 0.778 bits per heavy atom. The van der Waals surface area contributed by atoms with Crippen molar-refractivity contribution in [2.24, 2.45) is 0 Å². The summed E-state index contributed by atoms with van der Waals surface area (Å²) in [7, 11) is 0. The van der Waals surface area contributed by atoms with Crippen LogP contribution in [0.2, 0.25) is 0 Å². The van der Waals surface area contributed by atoms with E-state index in [-0.39, 0.29) is 17.4 Å². The van der Waals surface area contributed by atoms with E-state index in [4.69, 9.17) is 29.8 Å². The Balaban J connectivity index is -0.0000000189. The third kappa shape index (κ3) is 127. The molecule has 0 N–H and O–H groups in total. The Morgan fingerprint density at radius 3 is 0.944 bits per heavy atom. The zero-order chi connectivity index (χ0) is 15.9. The van der Waals surface area contributed by atoms with Crippen LogP contribution in [0.4, 0.5) is 8.78 Å². The second-order valence-corrected chi connectivity index (χ2v) is 0.995. The first-order valence-corrected chi connectivity index (χ1v) is 2.66. The molecule has 0 bridgehead atoms. The van der Waals surface area contributed by atoms with Gasteiger partial charge >= 0.3 is 62.5 Å². The number of nitrogens with zero attached hydrogens (tertiary/aromatic N) is 1. The zero-order valence-corrected chi connectivity index (χ0v) is 10.1. The van der Waals surface area contributed by atoms with E-state index in [1.165, 1.54) is 0 Å². The van der Waals surface area contributed by atoms with Crippen molar-refractivity contribution in [3.63, 3.8) is 0 Å². The summed E-state index contributed by atoms with van der Waals surface area (Å²) in [4.78, 5) is 2.04. The van der Waals surface area contributed by atoms with Gasteiger partial charge in [0.25, 0.3) is 0 Å². The molecule has 0 amide bonds. The van der Waals surface area contributed by atoms with Crippen molar-refractivity contribution in [2.75, 3.05) is 0 Å². The monoisotopic (exact) mass is 315 g/mol. The average Bonchev–Trinajstić information content (AvgIpc) is 2.48. The molecule has 0 saturated heterocycles. The molecule has 0 radical (unpaired) electrons. The molecule has 0 rings (SSSR count). The number of hydrogen-bond acceptors (Lipinski definition) is 0. The number of halogens is 3. The van der Waals surface area contributed by atoms with Gasteiger partial charge in [-0.15, -0.1) is 0 Å². The number of hydrogen-bond donors (Lipinski definition) is 0. The van der Waals surface area contributed by atoms with Gasteiger partial charge in [0.1, 0.15) is 0 Å². The van der Waals surface area contributed by atoms with Crippen molar-refractivity contribution < 1.29 is 49.4 Å². The Labute approximate surface area is 117 Å². The molecule has 0 aliphatic carbocycles. The Kier molecular flexibility index (Phi) is 258. The molecular weight excluding hydrogens is 316 g/mol.